The van der Waals surface area contributed by atoms with E-state index in [0.717, 1.165) is 23.7 Å². The first-order chi connectivity index (χ1) is 7.10. The topological polar surface area (TPSA) is 40.1 Å². The van der Waals surface area contributed by atoms with Crippen LogP contribution in [0.5, 0.6) is 0 Å². The zero-order chi connectivity index (χ0) is 11.7. The maximum Gasteiger partial charge on any atom is 0.0786 e. The summed E-state index contributed by atoms with van der Waals surface area (Å²) in [4.78, 5) is 10.2. The highest BCUT2D eigenvalue weighted by Crippen LogP contribution is 2.10. The SMILES string of the molecule is CC[N+](CC)(CC)CCCCCC(=O)[O-]. The molecule has 0 heterocycles. The van der Waals surface area contributed by atoms with Crippen LogP contribution in [-0.4, -0.2) is 36.6 Å². The van der Waals surface area contributed by atoms with Gasteiger partial charge in [-0.05, 0) is 46.5 Å². The normalized spacial score (nSPS) is 11.7. The Labute approximate surface area is 93.7 Å². The van der Waals surface area contributed by atoms with Gasteiger partial charge in [0, 0.05) is 5.97 Å². The van der Waals surface area contributed by atoms with E-state index in [2.05, 4.69) is 20.8 Å². The molecule has 90 valence electrons. The molecule has 0 aromatic heterocycles. The average molecular weight is 215 g/mol. The second kappa shape index (κ2) is 7.69. The van der Waals surface area contributed by atoms with Crippen LogP contribution in [0.4, 0.5) is 0 Å². The van der Waals surface area contributed by atoms with Gasteiger partial charge in [0.05, 0.1) is 26.2 Å². The lowest BCUT2D eigenvalue weighted by Gasteiger charge is -2.35. The molecule has 0 N–H and O–H groups in total. The third-order valence-corrected chi connectivity index (χ3v) is 3.53. The third kappa shape index (κ3) is 5.78. The van der Waals surface area contributed by atoms with Gasteiger partial charge in [-0.3, -0.25) is 0 Å². The molecule has 0 bridgehead atoms. The first-order valence-electron chi connectivity index (χ1n) is 6.15. The van der Waals surface area contributed by atoms with E-state index in [1.54, 1.807) is 0 Å². The molecule has 0 atom stereocenters. The summed E-state index contributed by atoms with van der Waals surface area (Å²) in [5.74, 6) is -0.919. The Bertz CT molecular complexity index is 168. The van der Waals surface area contributed by atoms with Crippen molar-refractivity contribution in [3.05, 3.63) is 0 Å². The van der Waals surface area contributed by atoms with E-state index in [9.17, 15) is 9.90 Å². The van der Waals surface area contributed by atoms with Crippen molar-refractivity contribution in [3.8, 4) is 0 Å². The van der Waals surface area contributed by atoms with Crippen molar-refractivity contribution < 1.29 is 14.4 Å². The van der Waals surface area contributed by atoms with Crippen molar-refractivity contribution in [2.75, 3.05) is 26.2 Å². The molecule has 0 fully saturated rings. The van der Waals surface area contributed by atoms with Crippen LogP contribution in [0.1, 0.15) is 46.5 Å². The molecular weight excluding hydrogens is 190 g/mol. The molecule has 0 spiro atoms. The van der Waals surface area contributed by atoms with Gasteiger partial charge in [-0.15, -0.1) is 0 Å². The quantitative estimate of drug-likeness (QED) is 0.428. The number of carbonyl (C=O) groups excluding carboxylic acids is 1. The summed E-state index contributed by atoms with van der Waals surface area (Å²) in [5, 5.41) is 10.2. The Morgan fingerprint density at radius 1 is 1.00 bits per heavy atom. The Morgan fingerprint density at radius 2 is 1.53 bits per heavy atom. The van der Waals surface area contributed by atoms with Crippen LogP contribution < -0.4 is 5.11 Å². The van der Waals surface area contributed by atoms with Crippen molar-refractivity contribution in [2.45, 2.75) is 46.5 Å². The molecule has 0 aliphatic heterocycles. The van der Waals surface area contributed by atoms with Crippen LogP contribution in [0.3, 0.4) is 0 Å². The number of carboxylic acid groups (broad SMARTS) is 1. The number of nitrogens with zero attached hydrogens (tertiary/aromatic N) is 1. The van der Waals surface area contributed by atoms with Crippen LogP contribution in [0.2, 0.25) is 0 Å². The van der Waals surface area contributed by atoms with E-state index in [0.29, 0.717) is 0 Å². The molecule has 0 saturated carbocycles. The van der Waals surface area contributed by atoms with Gasteiger partial charge in [-0.1, -0.05) is 0 Å². The van der Waals surface area contributed by atoms with Crippen LogP contribution in [0.15, 0.2) is 0 Å². The highest BCUT2D eigenvalue weighted by Gasteiger charge is 2.19. The summed E-state index contributed by atoms with van der Waals surface area (Å²) < 4.78 is 1.16. The highest BCUT2D eigenvalue weighted by atomic mass is 16.4. The van der Waals surface area contributed by atoms with Gasteiger partial charge >= 0.3 is 0 Å². The summed E-state index contributed by atoms with van der Waals surface area (Å²) in [5.41, 5.74) is 0. The number of hydrogen-bond donors (Lipinski definition) is 0. The van der Waals surface area contributed by atoms with Crippen LogP contribution in [-0.2, 0) is 4.79 Å². The van der Waals surface area contributed by atoms with Gasteiger partial charge in [0.25, 0.3) is 0 Å². The molecule has 3 nitrogen and oxygen atoms in total. The summed E-state index contributed by atoms with van der Waals surface area (Å²) in [7, 11) is 0. The Hall–Kier alpha value is -0.570. The largest absolute Gasteiger partial charge is 0.550 e. The lowest BCUT2D eigenvalue weighted by molar-refractivity contribution is -0.923. The summed E-state index contributed by atoms with van der Waals surface area (Å²) >= 11 is 0. The average Bonchev–Trinajstić information content (AvgIpc) is 2.24. The van der Waals surface area contributed by atoms with Gasteiger partial charge < -0.3 is 14.4 Å². The minimum atomic E-state index is -0.919. The Kier molecular flexibility index (Phi) is 7.39. The number of carbonyl (C=O) groups is 1. The first-order valence-corrected chi connectivity index (χ1v) is 6.15. The fourth-order valence-corrected chi connectivity index (χ4v) is 2.04. The molecule has 0 aromatic carbocycles. The molecule has 3 heteroatoms. The van der Waals surface area contributed by atoms with Crippen LogP contribution in [0, 0.1) is 0 Å². The summed E-state index contributed by atoms with van der Waals surface area (Å²) in [6, 6.07) is 0. The lowest BCUT2D eigenvalue weighted by atomic mass is 10.1. The summed E-state index contributed by atoms with van der Waals surface area (Å²) in [6.45, 7) is 11.4. The molecule has 0 aliphatic rings. The van der Waals surface area contributed by atoms with Gasteiger partial charge in [0.2, 0.25) is 0 Å². The highest BCUT2D eigenvalue weighted by molar-refractivity contribution is 5.63. The van der Waals surface area contributed by atoms with E-state index in [1.165, 1.54) is 26.2 Å². The number of rotatable bonds is 9. The second-order valence-corrected chi connectivity index (χ2v) is 4.20. The van der Waals surface area contributed by atoms with Gasteiger partial charge in [-0.25, -0.2) is 0 Å². The Morgan fingerprint density at radius 3 is 1.93 bits per heavy atom. The molecule has 0 saturated heterocycles. The number of aliphatic carboxylic acids is 1. The predicted octanol–water partition coefficient (Wildman–Crippen LogP) is 1.17. The molecule has 0 rings (SSSR count). The lowest BCUT2D eigenvalue weighted by Crippen LogP contribution is -2.48. The van der Waals surface area contributed by atoms with Crippen molar-refractivity contribution in [2.24, 2.45) is 0 Å². The summed E-state index contributed by atoms with van der Waals surface area (Å²) in [6.07, 6.45) is 3.11. The number of quaternary nitrogens is 1. The fourth-order valence-electron chi connectivity index (χ4n) is 2.04. The maximum atomic E-state index is 10.2. The fraction of sp³-hybridized carbons (Fsp3) is 0.917. The minimum Gasteiger partial charge on any atom is -0.550 e. The molecule has 0 amide bonds. The number of unbranched alkanes of at least 4 members (excludes halogenated alkanes) is 2. The van der Waals surface area contributed by atoms with E-state index >= 15 is 0 Å². The van der Waals surface area contributed by atoms with E-state index in [1.807, 2.05) is 0 Å². The minimum absolute atomic E-state index is 0.213. The van der Waals surface area contributed by atoms with Crippen molar-refractivity contribution in [1.82, 2.24) is 0 Å². The van der Waals surface area contributed by atoms with Crippen molar-refractivity contribution >= 4 is 5.97 Å². The molecule has 0 unspecified atom stereocenters. The maximum absolute atomic E-state index is 10.2. The molecular formula is C12H25NO2. The molecule has 0 aliphatic carbocycles. The third-order valence-electron chi connectivity index (χ3n) is 3.53. The van der Waals surface area contributed by atoms with Crippen LogP contribution >= 0.6 is 0 Å². The smallest absolute Gasteiger partial charge is 0.0786 e. The monoisotopic (exact) mass is 215 g/mol. The van der Waals surface area contributed by atoms with E-state index in [4.69, 9.17) is 0 Å². The van der Waals surface area contributed by atoms with Gasteiger partial charge in [-0.2, -0.15) is 0 Å². The van der Waals surface area contributed by atoms with E-state index < -0.39 is 5.97 Å². The van der Waals surface area contributed by atoms with Gasteiger partial charge in [0.1, 0.15) is 0 Å². The zero-order valence-corrected chi connectivity index (χ0v) is 10.4. The van der Waals surface area contributed by atoms with E-state index in [-0.39, 0.29) is 6.42 Å². The molecule has 0 aromatic rings. The van der Waals surface area contributed by atoms with Crippen LogP contribution in [0.25, 0.3) is 0 Å². The standard InChI is InChI=1S/C12H25NO2/c1-4-13(5-2,6-3)11-9-7-8-10-12(14)15/h4-11H2,1-3H3. The number of hydrogen-bond acceptors (Lipinski definition) is 2. The van der Waals surface area contributed by atoms with Gasteiger partial charge in [0.15, 0.2) is 0 Å². The molecule has 0 radical (unpaired) electrons. The van der Waals surface area contributed by atoms with Crippen molar-refractivity contribution in [3.63, 3.8) is 0 Å². The second-order valence-electron chi connectivity index (χ2n) is 4.20. The van der Waals surface area contributed by atoms with Crippen molar-refractivity contribution in [1.29, 1.82) is 0 Å². The number of carboxylic acids is 1. The molecule has 15 heavy (non-hydrogen) atoms. The zero-order valence-electron chi connectivity index (χ0n) is 10.4. The Balaban J connectivity index is 3.67. The first kappa shape index (κ1) is 14.4. The predicted molar refractivity (Wildman–Crippen MR) is 60.2 cm³/mol.